The van der Waals surface area contributed by atoms with Crippen LogP contribution >= 0.6 is 11.6 Å². The number of nitrogens with zero attached hydrogens (tertiary/aromatic N) is 3. The van der Waals surface area contributed by atoms with Gasteiger partial charge in [0.15, 0.2) is 0 Å². The first-order valence-corrected chi connectivity index (χ1v) is 10.1. The molecule has 1 aromatic carbocycles. The van der Waals surface area contributed by atoms with Gasteiger partial charge in [0.1, 0.15) is 5.69 Å². The summed E-state index contributed by atoms with van der Waals surface area (Å²) in [5.74, 6) is -0.226. The van der Waals surface area contributed by atoms with Gasteiger partial charge in [-0.15, -0.1) is 0 Å². The topological polar surface area (TPSA) is 62.6 Å². The molecule has 0 aliphatic carbocycles. The summed E-state index contributed by atoms with van der Waals surface area (Å²) >= 11 is 5.56. The molecule has 0 atom stereocenters. The zero-order valence-corrected chi connectivity index (χ0v) is 16.4. The summed E-state index contributed by atoms with van der Waals surface area (Å²) in [6, 6.07) is 5.91. The number of aryl methyl sites for hydroxylation is 1. The lowest BCUT2D eigenvalue weighted by Crippen LogP contribution is -2.50. The maximum absolute atomic E-state index is 13.0. The van der Waals surface area contributed by atoms with E-state index in [0.29, 0.717) is 11.8 Å². The van der Waals surface area contributed by atoms with E-state index in [1.54, 1.807) is 29.9 Å². The van der Waals surface area contributed by atoms with Gasteiger partial charge in [-0.1, -0.05) is 11.6 Å². The van der Waals surface area contributed by atoms with Crippen molar-refractivity contribution < 1.29 is 26.4 Å². The summed E-state index contributed by atoms with van der Waals surface area (Å²) in [7, 11) is -2.41. The molecule has 28 heavy (non-hydrogen) atoms. The molecule has 1 amide bonds. The van der Waals surface area contributed by atoms with Crippen molar-refractivity contribution in [3.63, 3.8) is 0 Å². The number of rotatable bonds is 3. The summed E-state index contributed by atoms with van der Waals surface area (Å²) < 4.78 is 67.3. The number of carbonyl (C=O) groups excluding carboxylic acids is 1. The molecule has 11 heteroatoms. The smallest absolute Gasteiger partial charge is 0.347 e. The summed E-state index contributed by atoms with van der Waals surface area (Å²) in [6.45, 7) is 0.261. The molecule has 0 N–H and O–H groups in total. The number of halogens is 4. The van der Waals surface area contributed by atoms with Gasteiger partial charge in [-0.2, -0.15) is 17.5 Å². The van der Waals surface area contributed by atoms with E-state index in [4.69, 9.17) is 11.6 Å². The van der Waals surface area contributed by atoms with Crippen LogP contribution in [0.3, 0.4) is 0 Å². The molecule has 0 spiro atoms. The second-order valence-corrected chi connectivity index (χ2v) is 8.69. The van der Waals surface area contributed by atoms with Crippen molar-refractivity contribution in [1.82, 2.24) is 13.8 Å². The summed E-state index contributed by atoms with van der Waals surface area (Å²) in [4.78, 5) is 13.5. The molecule has 0 bridgehead atoms. The number of hydrogen-bond donors (Lipinski definition) is 0. The molecule has 3 rings (SSSR count). The first-order valence-electron chi connectivity index (χ1n) is 8.29. The van der Waals surface area contributed by atoms with Gasteiger partial charge < -0.3 is 9.47 Å². The number of aromatic nitrogens is 1. The fraction of sp³-hybridized carbons (Fsp3) is 0.353. The molecule has 6 nitrogen and oxygen atoms in total. The van der Waals surface area contributed by atoms with Crippen molar-refractivity contribution in [2.45, 2.75) is 11.1 Å². The number of alkyl halides is 3. The monoisotopic (exact) mass is 435 g/mol. The number of carbonyl (C=O) groups is 1. The van der Waals surface area contributed by atoms with Crippen LogP contribution < -0.4 is 0 Å². The normalized spacial score (nSPS) is 16.4. The Balaban J connectivity index is 1.77. The van der Waals surface area contributed by atoms with Crippen LogP contribution in [0.25, 0.3) is 0 Å². The quantitative estimate of drug-likeness (QED) is 0.744. The Morgan fingerprint density at radius 3 is 2.29 bits per heavy atom. The van der Waals surface area contributed by atoms with Gasteiger partial charge in [0.2, 0.25) is 10.0 Å². The van der Waals surface area contributed by atoms with E-state index in [0.717, 1.165) is 16.4 Å². The molecular formula is C17H17ClF3N3O3S. The van der Waals surface area contributed by atoms with Gasteiger partial charge in [-0.05, 0) is 30.3 Å². The highest BCUT2D eigenvalue weighted by molar-refractivity contribution is 7.89. The Hall–Kier alpha value is -2.04. The van der Waals surface area contributed by atoms with Crippen LogP contribution in [0.4, 0.5) is 13.2 Å². The van der Waals surface area contributed by atoms with Gasteiger partial charge in [0, 0.05) is 39.4 Å². The second kappa shape index (κ2) is 7.41. The highest BCUT2D eigenvalue weighted by atomic mass is 35.5. The summed E-state index contributed by atoms with van der Waals surface area (Å²) in [5.41, 5.74) is -0.725. The van der Waals surface area contributed by atoms with Crippen molar-refractivity contribution in [3.05, 3.63) is 52.8 Å². The third-order valence-corrected chi connectivity index (χ3v) is 6.79. The highest BCUT2D eigenvalue weighted by Gasteiger charge is 2.36. The number of amides is 1. The van der Waals surface area contributed by atoms with Gasteiger partial charge >= 0.3 is 6.18 Å². The van der Waals surface area contributed by atoms with E-state index < -0.39 is 31.7 Å². The number of piperazine rings is 1. The largest absolute Gasteiger partial charge is 0.417 e. The molecule has 0 radical (unpaired) electrons. The van der Waals surface area contributed by atoms with E-state index in [1.807, 2.05) is 0 Å². The predicted octanol–water partition coefficient (Wildman–Crippen LogP) is 2.84. The average molecular weight is 436 g/mol. The third-order valence-electron chi connectivity index (χ3n) is 4.57. The molecule has 2 heterocycles. The molecule has 1 fully saturated rings. The Morgan fingerprint density at radius 2 is 1.75 bits per heavy atom. The van der Waals surface area contributed by atoms with E-state index in [9.17, 15) is 26.4 Å². The van der Waals surface area contributed by atoms with Crippen LogP contribution in [0.1, 0.15) is 16.1 Å². The lowest BCUT2D eigenvalue weighted by molar-refractivity contribution is -0.137. The number of sulfonamides is 1. The van der Waals surface area contributed by atoms with Gasteiger partial charge in [-0.25, -0.2) is 8.42 Å². The van der Waals surface area contributed by atoms with Crippen molar-refractivity contribution in [2.75, 3.05) is 26.2 Å². The Bertz CT molecular complexity index is 997. The lowest BCUT2D eigenvalue weighted by Gasteiger charge is -2.34. The molecule has 0 saturated carbocycles. The molecule has 2 aromatic rings. The molecule has 0 unspecified atom stereocenters. The maximum atomic E-state index is 13.0. The fourth-order valence-corrected chi connectivity index (χ4v) is 4.68. The van der Waals surface area contributed by atoms with E-state index in [-0.39, 0.29) is 32.1 Å². The summed E-state index contributed by atoms with van der Waals surface area (Å²) in [5, 5.41) is -0.565. The van der Waals surface area contributed by atoms with Crippen LogP contribution in [-0.2, 0) is 23.2 Å². The average Bonchev–Trinajstić information content (AvgIpc) is 3.06. The molecular weight excluding hydrogens is 419 g/mol. The summed E-state index contributed by atoms with van der Waals surface area (Å²) in [6.07, 6.45) is -3.03. The zero-order valence-electron chi connectivity index (χ0n) is 14.8. The fourth-order valence-electron chi connectivity index (χ4n) is 3.01. The van der Waals surface area contributed by atoms with E-state index in [1.165, 1.54) is 4.90 Å². The minimum atomic E-state index is -4.76. The zero-order chi connectivity index (χ0) is 20.7. The van der Waals surface area contributed by atoms with Crippen molar-refractivity contribution in [1.29, 1.82) is 0 Å². The third kappa shape index (κ3) is 3.89. The molecule has 1 aromatic heterocycles. The van der Waals surface area contributed by atoms with Crippen molar-refractivity contribution in [3.8, 4) is 0 Å². The van der Waals surface area contributed by atoms with Gasteiger partial charge in [0.25, 0.3) is 5.91 Å². The lowest BCUT2D eigenvalue weighted by atomic mass is 10.2. The Kier molecular flexibility index (Phi) is 5.48. The number of hydrogen-bond acceptors (Lipinski definition) is 3. The van der Waals surface area contributed by atoms with Crippen LogP contribution in [-0.4, -0.2) is 54.3 Å². The molecule has 1 aliphatic heterocycles. The SMILES string of the molecule is Cn1cccc1C(=O)N1CCN(S(=O)(=O)c2ccc(Cl)c(C(F)(F)F)c2)CC1. The molecule has 152 valence electrons. The maximum Gasteiger partial charge on any atom is 0.417 e. The first kappa shape index (κ1) is 20.7. The minimum Gasteiger partial charge on any atom is -0.347 e. The van der Waals surface area contributed by atoms with E-state index >= 15 is 0 Å². The standard InChI is InChI=1S/C17H17ClF3N3O3S/c1-22-6-2-3-15(22)16(25)23-7-9-24(10-8-23)28(26,27)12-4-5-14(18)13(11-12)17(19,20)21/h2-6,11H,7-10H2,1H3. The van der Waals surface area contributed by atoms with Gasteiger partial charge in [0.05, 0.1) is 15.5 Å². The van der Waals surface area contributed by atoms with Crippen LogP contribution in [0.15, 0.2) is 41.4 Å². The molecule has 1 saturated heterocycles. The first-order chi connectivity index (χ1) is 13.0. The minimum absolute atomic E-state index is 0.0114. The Morgan fingerprint density at radius 1 is 1.11 bits per heavy atom. The Labute approximate surface area is 165 Å². The van der Waals surface area contributed by atoms with Crippen molar-refractivity contribution >= 4 is 27.5 Å². The number of benzene rings is 1. The second-order valence-electron chi connectivity index (χ2n) is 6.34. The van der Waals surface area contributed by atoms with Crippen molar-refractivity contribution in [2.24, 2.45) is 7.05 Å². The highest BCUT2D eigenvalue weighted by Crippen LogP contribution is 2.36. The van der Waals surface area contributed by atoms with Gasteiger partial charge in [-0.3, -0.25) is 4.79 Å². The van der Waals surface area contributed by atoms with Crippen LogP contribution in [0.5, 0.6) is 0 Å². The predicted molar refractivity (Wildman–Crippen MR) is 96.5 cm³/mol. The van der Waals surface area contributed by atoms with Crippen LogP contribution in [0, 0.1) is 0 Å². The molecule has 1 aliphatic rings. The van der Waals surface area contributed by atoms with E-state index in [2.05, 4.69) is 0 Å². The van der Waals surface area contributed by atoms with Crippen LogP contribution in [0.2, 0.25) is 5.02 Å².